The van der Waals surface area contributed by atoms with Gasteiger partial charge in [-0.15, -0.1) is 0 Å². The highest BCUT2D eigenvalue weighted by Gasteiger charge is 2.29. The second kappa shape index (κ2) is 6.31. The first-order valence-corrected chi connectivity index (χ1v) is 9.66. The highest BCUT2D eigenvalue weighted by atomic mass is 32.2. The Morgan fingerprint density at radius 3 is 2.57 bits per heavy atom. The van der Waals surface area contributed by atoms with Crippen LogP contribution in [-0.2, 0) is 19.4 Å². The number of anilines is 2. The molecule has 1 N–H and O–H groups in total. The first kappa shape index (κ1) is 16.0. The van der Waals surface area contributed by atoms with Gasteiger partial charge in [0.1, 0.15) is 0 Å². The molecule has 0 aliphatic carbocycles. The maximum atomic E-state index is 12.0. The number of hydrogen-bond acceptors (Lipinski definition) is 4. The van der Waals surface area contributed by atoms with Gasteiger partial charge in [-0.2, -0.15) is 0 Å². The predicted molar refractivity (Wildman–Crippen MR) is 88.0 cm³/mol. The zero-order valence-corrected chi connectivity index (χ0v) is 13.6. The standard InChI is InChI=1S/C16H20N2O4S/c19-15(10-12-7-9-23(21,22)11-12)17-13-3-5-14(6-4-13)18-8-1-2-16(18)20/h3-6,12H,1-2,7-11H2,(H,17,19)/t12-/m0/s1. The minimum Gasteiger partial charge on any atom is -0.326 e. The summed E-state index contributed by atoms with van der Waals surface area (Å²) in [4.78, 5) is 25.4. The van der Waals surface area contributed by atoms with Crippen molar-refractivity contribution in [3.05, 3.63) is 24.3 Å². The molecule has 2 aliphatic heterocycles. The number of sulfone groups is 1. The number of nitrogens with one attached hydrogen (secondary N) is 1. The normalized spacial score (nSPS) is 23.2. The molecule has 2 saturated heterocycles. The van der Waals surface area contributed by atoms with E-state index < -0.39 is 9.84 Å². The molecule has 0 spiro atoms. The molecule has 124 valence electrons. The van der Waals surface area contributed by atoms with Gasteiger partial charge in [-0.3, -0.25) is 9.59 Å². The molecule has 1 aromatic rings. The Morgan fingerprint density at radius 2 is 2.00 bits per heavy atom. The van der Waals surface area contributed by atoms with E-state index in [-0.39, 0.29) is 35.7 Å². The Morgan fingerprint density at radius 1 is 1.26 bits per heavy atom. The number of nitrogens with zero attached hydrogens (tertiary/aromatic N) is 1. The van der Waals surface area contributed by atoms with Gasteiger partial charge in [-0.05, 0) is 43.0 Å². The third-order valence-corrected chi connectivity index (χ3v) is 6.17. The Balaban J connectivity index is 1.56. The van der Waals surface area contributed by atoms with Gasteiger partial charge in [0.15, 0.2) is 9.84 Å². The first-order chi connectivity index (χ1) is 10.9. The van der Waals surface area contributed by atoms with Crippen LogP contribution in [0.2, 0.25) is 0 Å². The van der Waals surface area contributed by atoms with Crippen LogP contribution in [0.5, 0.6) is 0 Å². The largest absolute Gasteiger partial charge is 0.326 e. The summed E-state index contributed by atoms with van der Waals surface area (Å²) in [5.41, 5.74) is 1.50. The van der Waals surface area contributed by atoms with Crippen molar-refractivity contribution < 1.29 is 18.0 Å². The number of carbonyl (C=O) groups excluding carboxylic acids is 2. The molecule has 0 saturated carbocycles. The van der Waals surface area contributed by atoms with Crippen molar-refractivity contribution in [2.75, 3.05) is 28.3 Å². The molecule has 1 aromatic carbocycles. The summed E-state index contributed by atoms with van der Waals surface area (Å²) in [6, 6.07) is 7.17. The van der Waals surface area contributed by atoms with Gasteiger partial charge in [0, 0.05) is 30.8 Å². The van der Waals surface area contributed by atoms with Crippen molar-refractivity contribution in [2.24, 2.45) is 5.92 Å². The summed E-state index contributed by atoms with van der Waals surface area (Å²) in [6.07, 6.45) is 2.25. The van der Waals surface area contributed by atoms with E-state index in [1.165, 1.54) is 0 Å². The van der Waals surface area contributed by atoms with Gasteiger partial charge < -0.3 is 10.2 Å². The second-order valence-electron chi connectivity index (χ2n) is 6.22. The minimum atomic E-state index is -2.95. The SMILES string of the molecule is O=C(C[C@@H]1CCS(=O)(=O)C1)Nc1ccc(N2CCCC2=O)cc1. The fourth-order valence-corrected chi connectivity index (χ4v) is 5.01. The van der Waals surface area contributed by atoms with Crippen LogP contribution in [0.4, 0.5) is 11.4 Å². The van der Waals surface area contributed by atoms with Crippen LogP contribution in [0, 0.1) is 5.92 Å². The van der Waals surface area contributed by atoms with E-state index in [9.17, 15) is 18.0 Å². The molecule has 0 radical (unpaired) electrons. The van der Waals surface area contributed by atoms with Crippen LogP contribution in [0.15, 0.2) is 24.3 Å². The molecular weight excluding hydrogens is 316 g/mol. The van der Waals surface area contributed by atoms with Gasteiger partial charge in [0.2, 0.25) is 11.8 Å². The summed E-state index contributed by atoms with van der Waals surface area (Å²) < 4.78 is 22.8. The molecule has 0 unspecified atom stereocenters. The molecule has 2 aliphatic rings. The van der Waals surface area contributed by atoms with E-state index in [1.54, 1.807) is 17.0 Å². The maximum Gasteiger partial charge on any atom is 0.227 e. The number of rotatable bonds is 4. The van der Waals surface area contributed by atoms with Crippen molar-refractivity contribution in [1.29, 1.82) is 0 Å². The number of benzene rings is 1. The Hall–Kier alpha value is -1.89. The van der Waals surface area contributed by atoms with Crippen LogP contribution >= 0.6 is 0 Å². The van der Waals surface area contributed by atoms with Crippen LogP contribution in [0.1, 0.15) is 25.7 Å². The summed E-state index contributed by atoms with van der Waals surface area (Å²) in [5.74, 6) is 0.169. The summed E-state index contributed by atoms with van der Waals surface area (Å²) >= 11 is 0. The van der Waals surface area contributed by atoms with E-state index >= 15 is 0 Å². The van der Waals surface area contributed by atoms with Crippen molar-refractivity contribution in [3.63, 3.8) is 0 Å². The molecule has 7 heteroatoms. The van der Waals surface area contributed by atoms with Crippen molar-refractivity contribution in [2.45, 2.75) is 25.7 Å². The average Bonchev–Trinajstić information content (AvgIpc) is 3.05. The predicted octanol–water partition coefficient (Wildman–Crippen LogP) is 1.58. The molecule has 2 amide bonds. The lowest BCUT2D eigenvalue weighted by Crippen LogP contribution is -2.23. The molecule has 0 bridgehead atoms. The Kier molecular flexibility index (Phi) is 4.39. The van der Waals surface area contributed by atoms with E-state index in [0.717, 1.165) is 18.7 Å². The van der Waals surface area contributed by atoms with Gasteiger partial charge >= 0.3 is 0 Å². The Bertz CT molecular complexity index is 712. The minimum absolute atomic E-state index is 0.0819. The van der Waals surface area contributed by atoms with Gasteiger partial charge in [-0.25, -0.2) is 8.42 Å². The maximum absolute atomic E-state index is 12.0. The number of hydrogen-bond donors (Lipinski definition) is 1. The van der Waals surface area contributed by atoms with Gasteiger partial charge in [0.05, 0.1) is 11.5 Å². The summed E-state index contributed by atoms with van der Waals surface area (Å²) in [6.45, 7) is 0.737. The van der Waals surface area contributed by atoms with E-state index in [2.05, 4.69) is 5.32 Å². The summed E-state index contributed by atoms with van der Waals surface area (Å²) in [5, 5.41) is 2.79. The molecule has 3 rings (SSSR count). The van der Waals surface area contributed by atoms with E-state index in [1.807, 2.05) is 12.1 Å². The van der Waals surface area contributed by atoms with Crippen molar-refractivity contribution >= 4 is 33.0 Å². The average molecular weight is 336 g/mol. The van der Waals surface area contributed by atoms with Crippen molar-refractivity contribution in [3.8, 4) is 0 Å². The lowest BCUT2D eigenvalue weighted by molar-refractivity contribution is -0.117. The van der Waals surface area contributed by atoms with Crippen LogP contribution in [0.25, 0.3) is 0 Å². The molecule has 23 heavy (non-hydrogen) atoms. The highest BCUT2D eigenvalue weighted by molar-refractivity contribution is 7.91. The monoisotopic (exact) mass is 336 g/mol. The highest BCUT2D eigenvalue weighted by Crippen LogP contribution is 2.24. The lowest BCUT2D eigenvalue weighted by Gasteiger charge is -2.16. The molecule has 2 heterocycles. The first-order valence-electron chi connectivity index (χ1n) is 7.84. The van der Waals surface area contributed by atoms with Gasteiger partial charge in [0.25, 0.3) is 0 Å². The lowest BCUT2D eigenvalue weighted by atomic mass is 10.1. The third kappa shape index (κ3) is 3.90. The molecule has 0 aromatic heterocycles. The van der Waals surface area contributed by atoms with Gasteiger partial charge in [-0.1, -0.05) is 0 Å². The quantitative estimate of drug-likeness (QED) is 0.905. The molecule has 2 fully saturated rings. The fraction of sp³-hybridized carbons (Fsp3) is 0.500. The fourth-order valence-electron chi connectivity index (χ4n) is 3.15. The zero-order valence-electron chi connectivity index (χ0n) is 12.8. The topological polar surface area (TPSA) is 83.6 Å². The van der Waals surface area contributed by atoms with Crippen LogP contribution < -0.4 is 10.2 Å². The Labute approximate surface area is 135 Å². The second-order valence-corrected chi connectivity index (χ2v) is 8.45. The van der Waals surface area contributed by atoms with E-state index in [0.29, 0.717) is 18.5 Å². The van der Waals surface area contributed by atoms with Crippen LogP contribution in [0.3, 0.4) is 0 Å². The smallest absolute Gasteiger partial charge is 0.227 e. The third-order valence-electron chi connectivity index (χ3n) is 4.34. The molecular formula is C16H20N2O4S. The van der Waals surface area contributed by atoms with Crippen molar-refractivity contribution in [1.82, 2.24) is 0 Å². The van der Waals surface area contributed by atoms with E-state index in [4.69, 9.17) is 0 Å². The zero-order chi connectivity index (χ0) is 16.4. The summed E-state index contributed by atoms with van der Waals surface area (Å²) in [7, 11) is -2.95. The van der Waals surface area contributed by atoms with Crippen LogP contribution in [-0.4, -0.2) is 38.3 Å². The molecule has 1 atom stereocenters. The number of amides is 2. The molecule has 6 nitrogen and oxygen atoms in total. The number of carbonyl (C=O) groups is 2.